The second kappa shape index (κ2) is 7.37. The minimum absolute atomic E-state index is 0.156. The van der Waals surface area contributed by atoms with Gasteiger partial charge in [0.15, 0.2) is 11.6 Å². The molecular formula is C22H18F3N3O2. The van der Waals surface area contributed by atoms with Crippen molar-refractivity contribution >= 4 is 22.2 Å². The summed E-state index contributed by atoms with van der Waals surface area (Å²) in [6, 6.07) is 5.90. The number of halogens is 3. The molecule has 3 heterocycles. The molecule has 0 N–H and O–H groups in total. The van der Waals surface area contributed by atoms with Gasteiger partial charge in [0.25, 0.3) is 5.91 Å². The summed E-state index contributed by atoms with van der Waals surface area (Å²) < 4.78 is 48.4. The number of rotatable bonds is 4. The molecule has 0 saturated heterocycles. The van der Waals surface area contributed by atoms with Gasteiger partial charge in [0.2, 0.25) is 5.88 Å². The highest BCUT2D eigenvalue weighted by molar-refractivity contribution is 5.96. The summed E-state index contributed by atoms with van der Waals surface area (Å²) in [5, 5.41) is 0.694. The fourth-order valence-electron chi connectivity index (χ4n) is 3.53. The lowest BCUT2D eigenvalue weighted by molar-refractivity contribution is 0.0743. The number of methoxy groups -OCH3 is 1. The van der Waals surface area contributed by atoms with E-state index >= 15 is 0 Å². The molecule has 0 aliphatic rings. The SMILES string of the molecule is COc1ncc([C@@H](C)N(C)C(=O)c2cc3c(F)cccn3c2)c2cc(F)c(F)cc12. The van der Waals surface area contributed by atoms with E-state index in [1.54, 1.807) is 32.4 Å². The van der Waals surface area contributed by atoms with Crippen molar-refractivity contribution in [2.45, 2.75) is 13.0 Å². The van der Waals surface area contributed by atoms with E-state index in [2.05, 4.69) is 4.98 Å². The van der Waals surface area contributed by atoms with Crippen LogP contribution in [0.4, 0.5) is 13.2 Å². The number of nitrogens with zero attached hydrogens (tertiary/aromatic N) is 3. The van der Waals surface area contributed by atoms with Gasteiger partial charge in [-0.2, -0.15) is 0 Å². The van der Waals surface area contributed by atoms with Gasteiger partial charge in [-0.05, 0) is 42.6 Å². The Morgan fingerprint density at radius 2 is 1.83 bits per heavy atom. The molecule has 0 bridgehead atoms. The second-order valence-electron chi connectivity index (χ2n) is 7.00. The number of amides is 1. The Morgan fingerprint density at radius 1 is 1.13 bits per heavy atom. The summed E-state index contributed by atoms with van der Waals surface area (Å²) in [6.45, 7) is 1.75. The van der Waals surface area contributed by atoms with Gasteiger partial charge in [-0.3, -0.25) is 4.79 Å². The molecule has 0 saturated carbocycles. The van der Waals surface area contributed by atoms with Crippen molar-refractivity contribution in [1.29, 1.82) is 0 Å². The number of carbonyl (C=O) groups excluding carboxylic acids is 1. The first-order valence-electron chi connectivity index (χ1n) is 9.17. The number of hydrogen-bond donors (Lipinski definition) is 0. The van der Waals surface area contributed by atoms with E-state index in [0.717, 1.165) is 12.1 Å². The molecule has 8 heteroatoms. The lowest BCUT2D eigenvalue weighted by atomic mass is 10.0. The monoisotopic (exact) mass is 413 g/mol. The molecule has 0 unspecified atom stereocenters. The predicted molar refractivity (Wildman–Crippen MR) is 106 cm³/mol. The molecular weight excluding hydrogens is 395 g/mol. The van der Waals surface area contributed by atoms with Crippen LogP contribution in [0.5, 0.6) is 5.88 Å². The molecule has 1 atom stereocenters. The minimum atomic E-state index is -1.01. The van der Waals surface area contributed by atoms with E-state index in [1.807, 2.05) is 0 Å². The second-order valence-corrected chi connectivity index (χ2v) is 7.00. The predicted octanol–water partition coefficient (Wildman–Crippen LogP) is 4.75. The van der Waals surface area contributed by atoms with Crippen molar-refractivity contribution in [2.75, 3.05) is 14.2 Å². The molecule has 0 radical (unpaired) electrons. The van der Waals surface area contributed by atoms with Crippen LogP contribution in [0.15, 0.2) is 48.9 Å². The highest BCUT2D eigenvalue weighted by atomic mass is 19.2. The van der Waals surface area contributed by atoms with Crippen molar-refractivity contribution in [2.24, 2.45) is 0 Å². The molecule has 4 rings (SSSR count). The number of pyridine rings is 2. The van der Waals surface area contributed by atoms with E-state index in [9.17, 15) is 18.0 Å². The van der Waals surface area contributed by atoms with Crippen LogP contribution in [0.3, 0.4) is 0 Å². The van der Waals surface area contributed by atoms with E-state index in [1.165, 1.54) is 34.7 Å². The largest absolute Gasteiger partial charge is 0.481 e. The molecule has 0 spiro atoms. The molecule has 1 amide bonds. The van der Waals surface area contributed by atoms with Gasteiger partial charge in [0.1, 0.15) is 5.82 Å². The van der Waals surface area contributed by atoms with Crippen LogP contribution in [-0.2, 0) is 0 Å². The quantitative estimate of drug-likeness (QED) is 0.485. The first-order chi connectivity index (χ1) is 14.3. The maximum atomic E-state index is 14.0. The Balaban J connectivity index is 1.75. The Hall–Kier alpha value is -3.55. The molecule has 3 aromatic heterocycles. The number of benzene rings is 1. The Bertz CT molecular complexity index is 1290. The highest BCUT2D eigenvalue weighted by Gasteiger charge is 2.24. The minimum Gasteiger partial charge on any atom is -0.481 e. The number of ether oxygens (including phenoxy) is 1. The first kappa shape index (κ1) is 19.8. The van der Waals surface area contributed by atoms with Crippen LogP contribution in [0.1, 0.15) is 28.9 Å². The maximum Gasteiger partial charge on any atom is 0.255 e. The van der Waals surface area contributed by atoms with Crippen molar-refractivity contribution in [3.63, 3.8) is 0 Å². The highest BCUT2D eigenvalue weighted by Crippen LogP contribution is 2.33. The van der Waals surface area contributed by atoms with Crippen molar-refractivity contribution in [3.8, 4) is 5.88 Å². The Morgan fingerprint density at radius 3 is 2.50 bits per heavy atom. The first-order valence-corrected chi connectivity index (χ1v) is 9.17. The van der Waals surface area contributed by atoms with Gasteiger partial charge in [0, 0.05) is 36.6 Å². The maximum absolute atomic E-state index is 14.0. The molecule has 0 aliphatic carbocycles. The normalized spacial score (nSPS) is 12.3. The average molecular weight is 413 g/mol. The topological polar surface area (TPSA) is 46.8 Å². The zero-order valence-corrected chi connectivity index (χ0v) is 16.5. The van der Waals surface area contributed by atoms with Gasteiger partial charge in [-0.15, -0.1) is 0 Å². The average Bonchev–Trinajstić information content (AvgIpc) is 3.18. The van der Waals surface area contributed by atoms with Crippen LogP contribution < -0.4 is 4.74 Å². The zero-order chi connectivity index (χ0) is 21.6. The number of hydrogen-bond acceptors (Lipinski definition) is 3. The summed E-state index contributed by atoms with van der Waals surface area (Å²) >= 11 is 0. The standard InChI is InChI=1S/C22H18F3N3O2/c1-12(16-10-26-21(30-3)15-9-19(25)18(24)8-14(15)16)27(2)22(29)13-7-20-17(23)5-4-6-28(20)11-13/h4-12H,1-3H3/t12-/m1/s1. The van der Waals surface area contributed by atoms with Crippen molar-refractivity contribution < 1.29 is 22.7 Å². The zero-order valence-electron chi connectivity index (χ0n) is 16.5. The van der Waals surface area contributed by atoms with Crippen LogP contribution in [0.2, 0.25) is 0 Å². The third-order valence-corrected chi connectivity index (χ3v) is 5.30. The van der Waals surface area contributed by atoms with Gasteiger partial charge in [0.05, 0.1) is 24.2 Å². The summed E-state index contributed by atoms with van der Waals surface area (Å²) in [5.74, 6) is -2.65. The van der Waals surface area contributed by atoms with Gasteiger partial charge in [-0.25, -0.2) is 18.2 Å². The third kappa shape index (κ3) is 3.14. The van der Waals surface area contributed by atoms with Gasteiger partial charge < -0.3 is 14.0 Å². The van der Waals surface area contributed by atoms with Crippen molar-refractivity contribution in [1.82, 2.24) is 14.3 Å². The van der Waals surface area contributed by atoms with Crippen LogP contribution in [0, 0.1) is 17.5 Å². The Labute approximate surface area is 170 Å². The van der Waals surface area contributed by atoms with Crippen LogP contribution in [0.25, 0.3) is 16.3 Å². The number of carbonyl (C=O) groups is 1. The fourth-order valence-corrected chi connectivity index (χ4v) is 3.53. The summed E-state index contributed by atoms with van der Waals surface area (Å²) in [4.78, 5) is 18.6. The number of fused-ring (bicyclic) bond motifs is 2. The van der Waals surface area contributed by atoms with Gasteiger partial charge in [-0.1, -0.05) is 0 Å². The smallest absolute Gasteiger partial charge is 0.255 e. The van der Waals surface area contributed by atoms with Crippen molar-refractivity contribution in [3.05, 3.63) is 77.5 Å². The van der Waals surface area contributed by atoms with Gasteiger partial charge >= 0.3 is 0 Å². The molecule has 4 aromatic rings. The lowest BCUT2D eigenvalue weighted by Gasteiger charge is -2.26. The van der Waals surface area contributed by atoms with E-state index in [4.69, 9.17) is 4.74 Å². The van der Waals surface area contributed by atoms with E-state index < -0.39 is 23.5 Å². The molecule has 30 heavy (non-hydrogen) atoms. The lowest BCUT2D eigenvalue weighted by Crippen LogP contribution is -2.29. The van der Waals surface area contributed by atoms with Crippen LogP contribution >= 0.6 is 0 Å². The summed E-state index contributed by atoms with van der Waals surface area (Å²) in [7, 11) is 2.97. The fraction of sp³-hybridized carbons (Fsp3) is 0.182. The summed E-state index contributed by atoms with van der Waals surface area (Å²) in [6.07, 6.45) is 4.67. The molecule has 5 nitrogen and oxygen atoms in total. The molecule has 1 aromatic carbocycles. The Kier molecular flexibility index (Phi) is 4.85. The van der Waals surface area contributed by atoms with E-state index in [-0.39, 0.29) is 17.3 Å². The molecule has 154 valence electrons. The molecule has 0 aliphatic heterocycles. The third-order valence-electron chi connectivity index (χ3n) is 5.30. The summed E-state index contributed by atoms with van der Waals surface area (Å²) in [5.41, 5.74) is 1.11. The molecule has 0 fully saturated rings. The van der Waals surface area contributed by atoms with E-state index in [0.29, 0.717) is 21.9 Å². The van der Waals surface area contributed by atoms with Crippen LogP contribution in [-0.4, -0.2) is 34.3 Å². The number of aromatic nitrogens is 2.